The maximum Gasteiger partial charge on any atom is 0.246 e. The molecule has 0 radical (unpaired) electrons. The van der Waals surface area contributed by atoms with Gasteiger partial charge in [0.2, 0.25) is 15.9 Å². The minimum Gasteiger partial charge on any atom is -0.383 e. The summed E-state index contributed by atoms with van der Waals surface area (Å²) in [5, 5.41) is 0. The molecule has 0 aliphatic rings. The van der Waals surface area contributed by atoms with E-state index < -0.39 is 33.2 Å². The van der Waals surface area contributed by atoms with Crippen LogP contribution in [0.2, 0.25) is 0 Å². The molecule has 0 aliphatic carbocycles. The number of halogens is 2. The Balaban J connectivity index is 3.20. The fourth-order valence-corrected chi connectivity index (χ4v) is 3.46. The molecule has 0 aromatic heterocycles. The normalized spacial score (nSPS) is 11.8. The summed E-state index contributed by atoms with van der Waals surface area (Å²) in [6.45, 7) is -0.590. The largest absolute Gasteiger partial charge is 0.383 e. The van der Waals surface area contributed by atoms with E-state index in [1.807, 2.05) is 0 Å². The van der Waals surface area contributed by atoms with Gasteiger partial charge in [-0.1, -0.05) is 15.9 Å². The van der Waals surface area contributed by atoms with Crippen LogP contribution in [-0.4, -0.2) is 45.4 Å². The highest BCUT2D eigenvalue weighted by atomic mass is 79.9. The summed E-state index contributed by atoms with van der Waals surface area (Å²) in [6.07, 6.45) is 0. The monoisotopic (exact) mass is 368 g/mol. The highest BCUT2D eigenvalue weighted by Crippen LogP contribution is 2.23. The number of ether oxygens (including phenoxy) is 1. The molecule has 1 amide bonds. The van der Waals surface area contributed by atoms with Crippen molar-refractivity contribution in [3.05, 3.63) is 28.5 Å². The zero-order valence-corrected chi connectivity index (χ0v) is 13.1. The zero-order valence-electron chi connectivity index (χ0n) is 10.7. The summed E-state index contributed by atoms with van der Waals surface area (Å²) >= 11 is 3.08. The second kappa shape index (κ2) is 7.11. The van der Waals surface area contributed by atoms with Crippen LogP contribution in [-0.2, 0) is 19.6 Å². The number of methoxy groups -OCH3 is 1. The van der Waals surface area contributed by atoms with Gasteiger partial charge in [-0.15, -0.1) is 0 Å². The smallest absolute Gasteiger partial charge is 0.246 e. The highest BCUT2D eigenvalue weighted by Gasteiger charge is 2.28. The van der Waals surface area contributed by atoms with Crippen molar-refractivity contribution in [3.8, 4) is 0 Å². The Kier molecular flexibility index (Phi) is 6.06. The summed E-state index contributed by atoms with van der Waals surface area (Å²) in [5.74, 6) is -1.74. The molecule has 2 N–H and O–H groups in total. The van der Waals surface area contributed by atoms with E-state index >= 15 is 0 Å². The minimum absolute atomic E-state index is 0.0577. The Morgan fingerprint density at radius 2 is 2.15 bits per heavy atom. The lowest BCUT2D eigenvalue weighted by Crippen LogP contribution is -2.40. The maximum absolute atomic E-state index is 13.7. The molecule has 0 spiro atoms. The standard InChI is InChI=1S/C11H14BrFN2O4S/c1-19-5-4-15(7-11(14)16)20(17,18)10-6-8(12)2-3-9(10)13/h2-3,6H,4-5,7H2,1H3,(H2,14,16). The number of nitrogens with zero attached hydrogens (tertiary/aromatic N) is 1. The van der Waals surface area contributed by atoms with E-state index in [0.717, 1.165) is 16.4 Å². The number of sulfonamides is 1. The van der Waals surface area contributed by atoms with Gasteiger partial charge in [-0.05, 0) is 18.2 Å². The van der Waals surface area contributed by atoms with Gasteiger partial charge < -0.3 is 10.5 Å². The lowest BCUT2D eigenvalue weighted by Gasteiger charge is -2.20. The molecule has 0 saturated heterocycles. The van der Waals surface area contributed by atoms with Gasteiger partial charge in [0.05, 0.1) is 13.2 Å². The van der Waals surface area contributed by atoms with Crippen LogP contribution in [0.5, 0.6) is 0 Å². The van der Waals surface area contributed by atoms with Crippen LogP contribution in [0.15, 0.2) is 27.6 Å². The van der Waals surface area contributed by atoms with E-state index in [2.05, 4.69) is 15.9 Å². The number of nitrogens with two attached hydrogens (primary N) is 1. The van der Waals surface area contributed by atoms with Crippen molar-refractivity contribution in [1.29, 1.82) is 0 Å². The molecule has 112 valence electrons. The Labute approximate surface area is 124 Å². The Bertz CT molecular complexity index is 594. The number of benzene rings is 1. The van der Waals surface area contributed by atoms with E-state index in [4.69, 9.17) is 10.5 Å². The van der Waals surface area contributed by atoms with Crippen LogP contribution in [0.3, 0.4) is 0 Å². The summed E-state index contributed by atoms with van der Waals surface area (Å²) in [6, 6.07) is 3.53. The van der Waals surface area contributed by atoms with Gasteiger partial charge in [0.1, 0.15) is 10.7 Å². The number of carbonyl (C=O) groups excluding carboxylic acids is 1. The van der Waals surface area contributed by atoms with Crippen LogP contribution in [0.1, 0.15) is 0 Å². The topological polar surface area (TPSA) is 89.7 Å². The van der Waals surface area contributed by atoms with Gasteiger partial charge in [0.25, 0.3) is 0 Å². The molecule has 0 saturated carbocycles. The molecular formula is C11H14BrFN2O4S. The van der Waals surface area contributed by atoms with Crippen LogP contribution < -0.4 is 5.73 Å². The first-order chi connectivity index (χ1) is 9.28. The van der Waals surface area contributed by atoms with Crippen LogP contribution in [0.25, 0.3) is 0 Å². The molecular weight excluding hydrogens is 355 g/mol. The van der Waals surface area contributed by atoms with Crippen molar-refractivity contribution in [2.24, 2.45) is 5.73 Å². The first kappa shape index (κ1) is 17.0. The molecule has 1 rings (SSSR count). The van der Waals surface area contributed by atoms with Crippen molar-refractivity contribution in [2.45, 2.75) is 4.90 Å². The molecule has 20 heavy (non-hydrogen) atoms. The average Bonchev–Trinajstić information content (AvgIpc) is 2.36. The number of hydrogen-bond donors (Lipinski definition) is 1. The summed E-state index contributed by atoms with van der Waals surface area (Å²) in [7, 11) is -2.79. The maximum atomic E-state index is 13.7. The zero-order chi connectivity index (χ0) is 15.3. The van der Waals surface area contributed by atoms with Gasteiger partial charge in [0.15, 0.2) is 0 Å². The lowest BCUT2D eigenvalue weighted by molar-refractivity contribution is -0.118. The predicted octanol–water partition coefficient (Wildman–Crippen LogP) is 0.711. The molecule has 6 nitrogen and oxygen atoms in total. The van der Waals surface area contributed by atoms with Gasteiger partial charge in [-0.25, -0.2) is 12.8 Å². The van der Waals surface area contributed by atoms with Crippen LogP contribution in [0, 0.1) is 5.82 Å². The molecule has 0 heterocycles. The van der Waals surface area contributed by atoms with Crippen molar-refractivity contribution < 1.29 is 22.3 Å². The number of hydrogen-bond acceptors (Lipinski definition) is 4. The Hall–Kier alpha value is -1.03. The van der Waals surface area contributed by atoms with Crippen molar-refractivity contribution in [1.82, 2.24) is 4.31 Å². The minimum atomic E-state index is -4.17. The first-order valence-electron chi connectivity index (χ1n) is 5.51. The fraction of sp³-hybridized carbons (Fsp3) is 0.364. The molecule has 1 aromatic rings. The lowest BCUT2D eigenvalue weighted by atomic mass is 10.3. The van der Waals surface area contributed by atoms with Crippen molar-refractivity contribution in [2.75, 3.05) is 26.8 Å². The third-order valence-corrected chi connectivity index (χ3v) is 4.74. The molecule has 9 heteroatoms. The van der Waals surface area contributed by atoms with Crippen LogP contribution >= 0.6 is 15.9 Å². The second-order valence-electron chi connectivity index (χ2n) is 3.87. The van der Waals surface area contributed by atoms with E-state index in [-0.39, 0.29) is 13.2 Å². The molecule has 0 unspecified atom stereocenters. The van der Waals surface area contributed by atoms with Gasteiger partial charge in [-0.3, -0.25) is 4.79 Å². The van der Waals surface area contributed by atoms with Gasteiger partial charge in [-0.2, -0.15) is 4.31 Å². The quantitative estimate of drug-likeness (QED) is 0.767. The second-order valence-corrected chi connectivity index (χ2v) is 6.69. The fourth-order valence-electron chi connectivity index (χ4n) is 1.47. The van der Waals surface area contributed by atoms with Gasteiger partial charge >= 0.3 is 0 Å². The van der Waals surface area contributed by atoms with E-state index in [9.17, 15) is 17.6 Å². The van der Waals surface area contributed by atoms with Crippen LogP contribution in [0.4, 0.5) is 4.39 Å². The van der Waals surface area contributed by atoms with E-state index in [1.165, 1.54) is 13.2 Å². The van der Waals surface area contributed by atoms with Crippen molar-refractivity contribution >= 4 is 31.9 Å². The average molecular weight is 369 g/mol. The summed E-state index contributed by atoms with van der Waals surface area (Å²) in [5.41, 5.74) is 5.02. The number of carbonyl (C=O) groups is 1. The van der Waals surface area contributed by atoms with Crippen molar-refractivity contribution in [3.63, 3.8) is 0 Å². The SMILES string of the molecule is COCCN(CC(N)=O)S(=O)(=O)c1cc(Br)ccc1F. The summed E-state index contributed by atoms with van der Waals surface area (Å²) in [4.78, 5) is 10.5. The first-order valence-corrected chi connectivity index (χ1v) is 7.74. The third kappa shape index (κ3) is 4.23. The summed E-state index contributed by atoms with van der Waals surface area (Å²) < 4.78 is 44.4. The predicted molar refractivity (Wildman–Crippen MR) is 73.9 cm³/mol. The van der Waals surface area contributed by atoms with E-state index in [0.29, 0.717) is 4.47 Å². The number of primary amides is 1. The molecule has 0 fully saturated rings. The molecule has 0 atom stereocenters. The van der Waals surface area contributed by atoms with Gasteiger partial charge in [0, 0.05) is 18.1 Å². The molecule has 1 aromatic carbocycles. The molecule has 0 aliphatic heterocycles. The Morgan fingerprint density at radius 1 is 1.50 bits per heavy atom. The highest BCUT2D eigenvalue weighted by molar-refractivity contribution is 9.10. The number of rotatable bonds is 7. The van der Waals surface area contributed by atoms with E-state index in [1.54, 1.807) is 0 Å². The third-order valence-electron chi connectivity index (χ3n) is 2.39. The molecule has 0 bridgehead atoms. The number of amides is 1. The Morgan fingerprint density at radius 3 is 2.70 bits per heavy atom.